The molecule has 1 saturated heterocycles. The molecule has 3 rings (SSSR count). The predicted octanol–water partition coefficient (Wildman–Crippen LogP) is 3.68. The van der Waals surface area contributed by atoms with Gasteiger partial charge in [0.1, 0.15) is 0 Å². The molecule has 164 valence electrons. The molecule has 1 aliphatic heterocycles. The molecule has 7 nitrogen and oxygen atoms in total. The maximum atomic E-state index is 13.0. The molecule has 0 aliphatic carbocycles. The lowest BCUT2D eigenvalue weighted by molar-refractivity contribution is 0.0959. The molecule has 0 atom stereocenters. The van der Waals surface area contributed by atoms with Crippen molar-refractivity contribution in [3.63, 3.8) is 0 Å². The Hall–Kier alpha value is -2.68. The highest BCUT2D eigenvalue weighted by Gasteiger charge is 2.27. The molecule has 0 saturated carbocycles. The van der Waals surface area contributed by atoms with E-state index in [4.69, 9.17) is 11.6 Å². The van der Waals surface area contributed by atoms with Crippen LogP contribution in [0.15, 0.2) is 60.0 Å². The van der Waals surface area contributed by atoms with E-state index in [1.54, 1.807) is 30.3 Å². The van der Waals surface area contributed by atoms with Crippen molar-refractivity contribution in [3.8, 4) is 0 Å². The van der Waals surface area contributed by atoms with Crippen molar-refractivity contribution in [1.29, 1.82) is 0 Å². The van der Waals surface area contributed by atoms with Gasteiger partial charge in [-0.3, -0.25) is 9.59 Å². The topological polar surface area (TPSA) is 95.6 Å². The number of halogens is 1. The maximum absolute atomic E-state index is 13.0. The van der Waals surface area contributed by atoms with Gasteiger partial charge in [-0.05, 0) is 43.2 Å². The van der Waals surface area contributed by atoms with E-state index in [1.165, 1.54) is 22.5 Å². The standard InChI is InChI=1S/C22H24ClN3O4S/c1-2-12-24-21(27)17-8-4-5-9-20(17)25-22(28)18-15-16(10-11-19(18)23)31(29,30)26-13-6-3-7-14-26/h2,4-5,8-11,15H,1,3,6-7,12-14H2,(H,24,27)(H,25,28). The van der Waals surface area contributed by atoms with Gasteiger partial charge in [-0.15, -0.1) is 6.58 Å². The number of para-hydroxylation sites is 1. The normalized spacial score (nSPS) is 14.6. The quantitative estimate of drug-likeness (QED) is 0.615. The van der Waals surface area contributed by atoms with Crippen LogP contribution in [0.3, 0.4) is 0 Å². The third-order valence-electron chi connectivity index (χ3n) is 4.96. The van der Waals surface area contributed by atoms with E-state index in [9.17, 15) is 18.0 Å². The summed E-state index contributed by atoms with van der Waals surface area (Å²) in [4.78, 5) is 25.3. The Morgan fingerprint density at radius 1 is 1.03 bits per heavy atom. The van der Waals surface area contributed by atoms with Gasteiger partial charge >= 0.3 is 0 Å². The Morgan fingerprint density at radius 3 is 2.45 bits per heavy atom. The fourth-order valence-corrected chi connectivity index (χ4v) is 5.08. The summed E-state index contributed by atoms with van der Waals surface area (Å²) < 4.78 is 27.4. The zero-order chi connectivity index (χ0) is 22.4. The van der Waals surface area contributed by atoms with Crippen LogP contribution >= 0.6 is 11.6 Å². The SMILES string of the molecule is C=CCNC(=O)c1ccccc1NC(=O)c1cc(S(=O)(=O)N2CCCCC2)ccc1Cl. The summed E-state index contributed by atoms with van der Waals surface area (Å²) in [5, 5.41) is 5.44. The van der Waals surface area contributed by atoms with Crippen LogP contribution in [0, 0.1) is 0 Å². The first-order valence-corrected chi connectivity index (χ1v) is 11.8. The fourth-order valence-electron chi connectivity index (χ4n) is 3.33. The summed E-state index contributed by atoms with van der Waals surface area (Å²) in [5.41, 5.74) is 0.571. The summed E-state index contributed by atoms with van der Waals surface area (Å²) in [7, 11) is -3.72. The number of amides is 2. The Labute approximate surface area is 187 Å². The minimum atomic E-state index is -3.72. The van der Waals surface area contributed by atoms with Gasteiger partial charge < -0.3 is 10.6 Å². The molecule has 2 aromatic rings. The van der Waals surface area contributed by atoms with Crippen LogP contribution in [-0.2, 0) is 10.0 Å². The fraction of sp³-hybridized carbons (Fsp3) is 0.273. The van der Waals surface area contributed by atoms with Crippen molar-refractivity contribution in [3.05, 3.63) is 71.3 Å². The highest BCUT2D eigenvalue weighted by Crippen LogP contribution is 2.26. The second kappa shape index (κ2) is 10.1. The Bertz CT molecular complexity index is 1100. The van der Waals surface area contributed by atoms with Crippen molar-refractivity contribution < 1.29 is 18.0 Å². The highest BCUT2D eigenvalue weighted by atomic mass is 35.5. The van der Waals surface area contributed by atoms with E-state index in [0.29, 0.717) is 13.1 Å². The molecule has 0 aromatic heterocycles. The lowest BCUT2D eigenvalue weighted by atomic mass is 10.1. The Kier molecular flexibility index (Phi) is 7.48. The molecule has 0 unspecified atom stereocenters. The zero-order valence-electron chi connectivity index (χ0n) is 16.9. The molecular weight excluding hydrogens is 438 g/mol. The number of piperidine rings is 1. The first-order valence-electron chi connectivity index (χ1n) is 9.94. The maximum Gasteiger partial charge on any atom is 0.257 e. The van der Waals surface area contributed by atoms with E-state index >= 15 is 0 Å². The van der Waals surface area contributed by atoms with Gasteiger partial charge in [0.05, 0.1) is 26.7 Å². The van der Waals surface area contributed by atoms with Crippen LogP contribution in [-0.4, -0.2) is 44.2 Å². The van der Waals surface area contributed by atoms with Crippen molar-refractivity contribution in [2.45, 2.75) is 24.2 Å². The molecule has 1 fully saturated rings. The Balaban J connectivity index is 1.87. The van der Waals surface area contributed by atoms with Gasteiger partial charge in [-0.25, -0.2) is 8.42 Å². The summed E-state index contributed by atoms with van der Waals surface area (Å²) >= 11 is 6.20. The monoisotopic (exact) mass is 461 g/mol. The largest absolute Gasteiger partial charge is 0.349 e. The summed E-state index contributed by atoms with van der Waals surface area (Å²) in [6.45, 7) is 4.75. The smallest absolute Gasteiger partial charge is 0.257 e. The van der Waals surface area contributed by atoms with E-state index < -0.39 is 15.9 Å². The third-order valence-corrected chi connectivity index (χ3v) is 7.19. The first-order chi connectivity index (χ1) is 14.8. The Morgan fingerprint density at radius 2 is 1.74 bits per heavy atom. The summed E-state index contributed by atoms with van der Waals surface area (Å²) in [5.74, 6) is -0.979. The van der Waals surface area contributed by atoms with E-state index in [1.807, 2.05) is 0 Å². The van der Waals surface area contributed by atoms with Crippen LogP contribution in [0.2, 0.25) is 5.02 Å². The van der Waals surface area contributed by atoms with Gasteiger partial charge in [-0.2, -0.15) is 4.31 Å². The molecule has 2 aromatic carbocycles. The summed E-state index contributed by atoms with van der Waals surface area (Å²) in [6.07, 6.45) is 4.17. The molecule has 9 heteroatoms. The molecular formula is C22H24ClN3O4S. The van der Waals surface area contributed by atoms with Crippen molar-refractivity contribution >= 4 is 39.1 Å². The number of carbonyl (C=O) groups excluding carboxylic acids is 2. The van der Waals surface area contributed by atoms with E-state index in [2.05, 4.69) is 17.2 Å². The number of sulfonamides is 1. The van der Waals surface area contributed by atoms with E-state index in [0.717, 1.165) is 19.3 Å². The lowest BCUT2D eigenvalue weighted by Crippen LogP contribution is -2.35. The molecule has 0 spiro atoms. The van der Waals surface area contributed by atoms with Gasteiger partial charge in [0, 0.05) is 19.6 Å². The number of anilines is 1. The minimum Gasteiger partial charge on any atom is -0.349 e. The van der Waals surface area contributed by atoms with Gasteiger partial charge in [0.25, 0.3) is 11.8 Å². The van der Waals surface area contributed by atoms with Gasteiger partial charge in [0.2, 0.25) is 10.0 Å². The predicted molar refractivity (Wildman–Crippen MR) is 121 cm³/mol. The molecule has 0 bridgehead atoms. The van der Waals surface area contributed by atoms with Crippen LogP contribution in [0.4, 0.5) is 5.69 Å². The van der Waals surface area contributed by atoms with Crippen LogP contribution in [0.1, 0.15) is 40.0 Å². The molecule has 31 heavy (non-hydrogen) atoms. The number of nitrogens with zero attached hydrogens (tertiary/aromatic N) is 1. The highest BCUT2D eigenvalue weighted by molar-refractivity contribution is 7.89. The van der Waals surface area contributed by atoms with Gasteiger partial charge in [0.15, 0.2) is 0 Å². The second-order valence-electron chi connectivity index (χ2n) is 7.10. The number of carbonyl (C=O) groups is 2. The number of benzene rings is 2. The molecule has 1 heterocycles. The average Bonchev–Trinajstić information content (AvgIpc) is 2.78. The minimum absolute atomic E-state index is 0.0148. The molecule has 0 radical (unpaired) electrons. The van der Waals surface area contributed by atoms with Crippen LogP contribution in [0.5, 0.6) is 0 Å². The molecule has 2 amide bonds. The van der Waals surface area contributed by atoms with E-state index in [-0.39, 0.29) is 39.2 Å². The third kappa shape index (κ3) is 5.33. The van der Waals surface area contributed by atoms with Crippen molar-refractivity contribution in [1.82, 2.24) is 9.62 Å². The number of rotatable bonds is 7. The first kappa shape index (κ1) is 23.0. The lowest BCUT2D eigenvalue weighted by Gasteiger charge is -2.26. The van der Waals surface area contributed by atoms with Crippen LogP contribution in [0.25, 0.3) is 0 Å². The molecule has 1 aliphatic rings. The number of hydrogen-bond acceptors (Lipinski definition) is 4. The van der Waals surface area contributed by atoms with Gasteiger partial charge in [-0.1, -0.05) is 36.2 Å². The number of nitrogens with one attached hydrogen (secondary N) is 2. The zero-order valence-corrected chi connectivity index (χ0v) is 18.5. The molecule has 2 N–H and O–H groups in total. The number of hydrogen-bond donors (Lipinski definition) is 2. The van der Waals surface area contributed by atoms with Crippen molar-refractivity contribution in [2.75, 3.05) is 25.0 Å². The van der Waals surface area contributed by atoms with Crippen molar-refractivity contribution in [2.24, 2.45) is 0 Å². The summed E-state index contributed by atoms with van der Waals surface area (Å²) in [6, 6.07) is 10.6. The van der Waals surface area contributed by atoms with Crippen LogP contribution < -0.4 is 10.6 Å². The average molecular weight is 462 g/mol. The second-order valence-corrected chi connectivity index (χ2v) is 9.45.